The predicted molar refractivity (Wildman–Crippen MR) is 137 cm³/mol. The van der Waals surface area contributed by atoms with Crippen LogP contribution >= 0.6 is 11.6 Å². The Morgan fingerprint density at radius 2 is 2.00 bits per heavy atom. The number of nitrogens with zero attached hydrogens (tertiary/aromatic N) is 2. The molecule has 32 heavy (non-hydrogen) atoms. The molecule has 0 radical (unpaired) electrons. The zero-order valence-corrected chi connectivity index (χ0v) is 21.0. The van der Waals surface area contributed by atoms with Crippen molar-refractivity contribution in [2.24, 2.45) is 4.99 Å². The average Bonchev–Trinajstić information content (AvgIpc) is 2.77. The summed E-state index contributed by atoms with van der Waals surface area (Å²) < 4.78 is 5.77. The van der Waals surface area contributed by atoms with Crippen molar-refractivity contribution in [3.05, 3.63) is 65.9 Å². The van der Waals surface area contributed by atoms with Gasteiger partial charge in [0.15, 0.2) is 0 Å². The predicted octanol–water partition coefficient (Wildman–Crippen LogP) is 5.87. The number of carbonyl (C=O) groups excluding carboxylic acids is 1. The first-order valence-electron chi connectivity index (χ1n) is 11.2. The number of carbonyl (C=O) groups is 1. The number of ether oxygens (including phenoxy) is 1. The molecule has 1 aromatic rings. The van der Waals surface area contributed by atoms with Gasteiger partial charge in [0, 0.05) is 25.3 Å². The molecule has 1 N–H and O–H groups in total. The average molecular weight is 460 g/mol. The number of benzene rings is 1. The maximum Gasteiger partial charge on any atom is 0.254 e. The van der Waals surface area contributed by atoms with Crippen LogP contribution in [0.3, 0.4) is 0 Å². The van der Waals surface area contributed by atoms with Crippen molar-refractivity contribution in [2.75, 3.05) is 26.2 Å². The summed E-state index contributed by atoms with van der Waals surface area (Å²) in [7, 11) is 0. The number of hydrogen-bond acceptors (Lipinski definition) is 4. The van der Waals surface area contributed by atoms with E-state index < -0.39 is 0 Å². The quantitative estimate of drug-likeness (QED) is 0.164. The van der Waals surface area contributed by atoms with Crippen LogP contribution in [0.2, 0.25) is 0 Å². The first kappa shape index (κ1) is 27.7. The zero-order chi connectivity index (χ0) is 24.1. The van der Waals surface area contributed by atoms with Gasteiger partial charge in [-0.3, -0.25) is 9.69 Å². The van der Waals surface area contributed by atoms with Crippen molar-refractivity contribution >= 4 is 22.7 Å². The molecule has 0 spiro atoms. The largest absolute Gasteiger partial charge is 0.489 e. The Hall–Kier alpha value is -2.37. The fourth-order valence-corrected chi connectivity index (χ4v) is 3.89. The van der Waals surface area contributed by atoms with Crippen molar-refractivity contribution < 1.29 is 9.53 Å². The molecule has 0 aliphatic carbocycles. The van der Waals surface area contributed by atoms with Gasteiger partial charge in [-0.05, 0) is 69.8 Å². The summed E-state index contributed by atoms with van der Waals surface area (Å²) in [5, 5.41) is 3.08. The third-order valence-corrected chi connectivity index (χ3v) is 5.81. The summed E-state index contributed by atoms with van der Waals surface area (Å²) in [5.41, 5.74) is 4.07. The van der Waals surface area contributed by atoms with Gasteiger partial charge in [0.2, 0.25) is 0 Å². The number of aliphatic imine (C=N–C) groups is 1. The van der Waals surface area contributed by atoms with Gasteiger partial charge in [-0.25, -0.2) is 4.99 Å². The van der Waals surface area contributed by atoms with Crippen molar-refractivity contribution in [3.8, 4) is 5.75 Å². The molecule has 6 heteroatoms. The van der Waals surface area contributed by atoms with Gasteiger partial charge in [0.1, 0.15) is 17.5 Å². The van der Waals surface area contributed by atoms with E-state index in [0.29, 0.717) is 18.7 Å². The van der Waals surface area contributed by atoms with E-state index in [1.165, 1.54) is 17.3 Å². The molecule has 0 heterocycles. The van der Waals surface area contributed by atoms with Crippen molar-refractivity contribution in [2.45, 2.75) is 53.5 Å². The minimum absolute atomic E-state index is 0.146. The lowest BCUT2D eigenvalue weighted by molar-refractivity contribution is -0.117. The molecule has 1 aromatic carbocycles. The molecule has 1 unspecified atom stereocenters. The Balaban J connectivity index is 2.78. The fraction of sp³-hybridized carbons (Fsp3) is 0.462. The lowest BCUT2D eigenvalue weighted by Gasteiger charge is -2.31. The first-order chi connectivity index (χ1) is 15.3. The Labute approximate surface area is 198 Å². The number of halogens is 1. The summed E-state index contributed by atoms with van der Waals surface area (Å²) in [6.45, 7) is 20.6. The van der Waals surface area contributed by atoms with Gasteiger partial charge in [-0.2, -0.15) is 0 Å². The molecule has 0 bridgehead atoms. The van der Waals surface area contributed by atoms with Gasteiger partial charge in [0.05, 0.1) is 5.57 Å². The highest BCUT2D eigenvalue weighted by Crippen LogP contribution is 2.31. The van der Waals surface area contributed by atoms with E-state index in [9.17, 15) is 4.79 Å². The van der Waals surface area contributed by atoms with E-state index in [-0.39, 0.29) is 17.1 Å². The van der Waals surface area contributed by atoms with Gasteiger partial charge in [-0.1, -0.05) is 49.9 Å². The molecule has 0 aliphatic heterocycles. The Morgan fingerprint density at radius 1 is 1.28 bits per heavy atom. The zero-order valence-electron chi connectivity index (χ0n) is 20.2. The molecular weight excluding hydrogens is 422 g/mol. The SMILES string of the molecule is C=CCOc1ccc(C(C)N(CCC)CCCNC(=O)/C(=C/C)C(Cl)=NC=C)c(C)c1C. The summed E-state index contributed by atoms with van der Waals surface area (Å²) in [5.74, 6) is 0.682. The molecule has 5 nitrogen and oxygen atoms in total. The van der Waals surface area contributed by atoms with Crippen molar-refractivity contribution in [1.82, 2.24) is 10.2 Å². The van der Waals surface area contributed by atoms with E-state index >= 15 is 0 Å². The lowest BCUT2D eigenvalue weighted by atomic mass is 9.96. The third kappa shape index (κ3) is 7.95. The van der Waals surface area contributed by atoms with E-state index in [2.05, 4.69) is 68.2 Å². The molecule has 1 rings (SSSR count). The van der Waals surface area contributed by atoms with Crippen LogP contribution in [0.15, 0.2) is 54.2 Å². The number of amides is 1. The van der Waals surface area contributed by atoms with Crippen LogP contribution in [0.4, 0.5) is 0 Å². The molecule has 0 aliphatic rings. The van der Waals surface area contributed by atoms with Crippen LogP contribution in [0, 0.1) is 13.8 Å². The van der Waals surface area contributed by atoms with Gasteiger partial charge in [0.25, 0.3) is 5.91 Å². The molecule has 1 atom stereocenters. The van der Waals surface area contributed by atoms with E-state index in [4.69, 9.17) is 16.3 Å². The Kier molecular flexibility index (Phi) is 12.7. The Bertz CT molecular complexity index is 846. The number of nitrogens with one attached hydrogen (secondary N) is 1. The number of rotatable bonds is 14. The molecular formula is C26H38ClN3O2. The molecule has 176 valence electrons. The van der Waals surface area contributed by atoms with E-state index in [1.807, 2.05) is 0 Å². The normalized spacial score (nSPS) is 13.1. The maximum atomic E-state index is 12.4. The topological polar surface area (TPSA) is 53.9 Å². The summed E-state index contributed by atoms with van der Waals surface area (Å²) in [4.78, 5) is 18.7. The summed E-state index contributed by atoms with van der Waals surface area (Å²) in [6.07, 6.45) is 6.63. The fourth-order valence-electron chi connectivity index (χ4n) is 3.63. The second-order valence-electron chi connectivity index (χ2n) is 7.63. The highest BCUT2D eigenvalue weighted by Gasteiger charge is 2.19. The summed E-state index contributed by atoms with van der Waals surface area (Å²) in [6, 6.07) is 4.47. The lowest BCUT2D eigenvalue weighted by Crippen LogP contribution is -2.33. The van der Waals surface area contributed by atoms with Crippen LogP contribution in [-0.2, 0) is 4.79 Å². The number of allylic oxidation sites excluding steroid dienone is 1. The summed E-state index contributed by atoms with van der Waals surface area (Å²) >= 11 is 6.05. The molecule has 0 saturated heterocycles. The van der Waals surface area contributed by atoms with Gasteiger partial charge in [-0.15, -0.1) is 0 Å². The molecule has 0 saturated carbocycles. The Morgan fingerprint density at radius 3 is 2.59 bits per heavy atom. The van der Waals surface area contributed by atoms with Gasteiger partial charge >= 0.3 is 0 Å². The molecule has 0 aromatic heterocycles. The van der Waals surface area contributed by atoms with E-state index in [0.717, 1.165) is 37.2 Å². The maximum absolute atomic E-state index is 12.4. The van der Waals surface area contributed by atoms with E-state index in [1.54, 1.807) is 19.1 Å². The monoisotopic (exact) mass is 459 g/mol. The number of hydrogen-bond donors (Lipinski definition) is 1. The minimum atomic E-state index is -0.222. The smallest absolute Gasteiger partial charge is 0.254 e. The van der Waals surface area contributed by atoms with Crippen molar-refractivity contribution in [3.63, 3.8) is 0 Å². The van der Waals surface area contributed by atoms with Crippen LogP contribution < -0.4 is 10.1 Å². The van der Waals surface area contributed by atoms with Crippen LogP contribution in [0.25, 0.3) is 0 Å². The second kappa shape index (κ2) is 14.6. The molecule has 1 amide bonds. The van der Waals surface area contributed by atoms with Gasteiger partial charge < -0.3 is 10.1 Å². The molecule has 0 fully saturated rings. The third-order valence-electron chi connectivity index (χ3n) is 5.51. The van der Waals surface area contributed by atoms with Crippen LogP contribution in [0.5, 0.6) is 5.75 Å². The second-order valence-corrected chi connectivity index (χ2v) is 7.99. The van der Waals surface area contributed by atoms with Crippen molar-refractivity contribution in [1.29, 1.82) is 0 Å². The first-order valence-corrected chi connectivity index (χ1v) is 11.6. The highest BCUT2D eigenvalue weighted by atomic mass is 35.5. The van der Waals surface area contributed by atoms with Crippen LogP contribution in [-0.4, -0.2) is 42.2 Å². The standard InChI is InChI=1S/C26H38ClN3O2/c1-8-16-30(17-12-15-29-26(31)22(10-3)25(27)28-11-4)21(7)23-13-14-24(32-18-9-2)20(6)19(23)5/h9-11,13-14,21H,2,4,8,12,15-18H2,1,3,5-7H3,(H,29,31)/b22-10+,28-25?. The van der Waals surface area contributed by atoms with Crippen LogP contribution in [0.1, 0.15) is 56.3 Å². The highest BCUT2D eigenvalue weighted by molar-refractivity contribution is 6.72. The minimum Gasteiger partial charge on any atom is -0.489 e.